The molecule has 0 aliphatic heterocycles. The number of aromatic nitrogens is 4. The second-order valence-corrected chi connectivity index (χ2v) is 11.0. The van der Waals surface area contributed by atoms with Gasteiger partial charge in [-0.2, -0.15) is 0 Å². The fourth-order valence-electron chi connectivity index (χ4n) is 3.09. The van der Waals surface area contributed by atoms with Gasteiger partial charge in [0.2, 0.25) is 0 Å². The van der Waals surface area contributed by atoms with E-state index in [4.69, 9.17) is 4.98 Å². The lowest BCUT2D eigenvalue weighted by atomic mass is 9.89. The topological polar surface area (TPSA) is 71.5 Å². The molecular formula is C16H18N4OS4. The first-order chi connectivity index (χ1) is 12.0. The minimum Gasteiger partial charge on any atom is -0.309 e. The second-order valence-electron chi connectivity index (χ2n) is 6.28. The van der Waals surface area contributed by atoms with E-state index in [2.05, 4.69) is 22.1 Å². The Labute approximate surface area is 162 Å². The van der Waals surface area contributed by atoms with Crippen molar-refractivity contribution in [2.75, 3.05) is 6.26 Å². The molecule has 4 rings (SSSR count). The van der Waals surface area contributed by atoms with Crippen molar-refractivity contribution in [1.82, 2.24) is 20.2 Å². The zero-order valence-corrected chi connectivity index (χ0v) is 17.4. The van der Waals surface area contributed by atoms with Gasteiger partial charge in [0.1, 0.15) is 10.7 Å². The molecule has 0 saturated carbocycles. The molecule has 0 fully saturated rings. The maximum atomic E-state index is 12.7. The average Bonchev–Trinajstić information content (AvgIpc) is 3.17. The largest absolute Gasteiger partial charge is 0.309 e. The molecular weight excluding hydrogens is 392 g/mol. The lowest BCUT2D eigenvalue weighted by molar-refractivity contribution is 0.509. The van der Waals surface area contributed by atoms with Crippen molar-refractivity contribution in [3.63, 3.8) is 0 Å². The third-order valence-electron chi connectivity index (χ3n) is 4.41. The number of aryl methyl sites for hydroxylation is 1. The summed E-state index contributed by atoms with van der Waals surface area (Å²) < 4.78 is 1.85. The molecule has 1 aliphatic carbocycles. The molecule has 0 amide bonds. The van der Waals surface area contributed by atoms with Crippen LogP contribution in [-0.2, 0) is 12.8 Å². The molecule has 0 bridgehead atoms. The van der Waals surface area contributed by atoms with Crippen LogP contribution in [0.4, 0.5) is 0 Å². The standard InChI is InChI=1S/C16H18N4OS4/c1-7-4-5-9-10(6-7)24-14-11(9)13(21)17-12(18-14)8(2)23-16-20-19-15(22-3)25-16/h7-8H,4-6H2,1-3H3,(H,17,18,21)/t7-,8+/m1/s1. The van der Waals surface area contributed by atoms with Gasteiger partial charge in [-0.05, 0) is 43.9 Å². The van der Waals surface area contributed by atoms with Crippen LogP contribution in [0.25, 0.3) is 10.2 Å². The van der Waals surface area contributed by atoms with Crippen molar-refractivity contribution in [3.8, 4) is 0 Å². The van der Waals surface area contributed by atoms with Crippen LogP contribution < -0.4 is 5.56 Å². The van der Waals surface area contributed by atoms with Gasteiger partial charge >= 0.3 is 0 Å². The molecule has 3 aromatic rings. The monoisotopic (exact) mass is 410 g/mol. The third kappa shape index (κ3) is 3.39. The maximum absolute atomic E-state index is 12.7. The number of fused-ring (bicyclic) bond motifs is 3. The first kappa shape index (κ1) is 17.5. The number of nitrogens with one attached hydrogen (secondary N) is 1. The Morgan fingerprint density at radius 1 is 1.28 bits per heavy atom. The van der Waals surface area contributed by atoms with E-state index in [1.54, 1.807) is 46.2 Å². The average molecular weight is 411 g/mol. The fourth-order valence-corrected chi connectivity index (χ4v) is 7.12. The van der Waals surface area contributed by atoms with Crippen molar-refractivity contribution in [1.29, 1.82) is 0 Å². The number of hydrogen-bond acceptors (Lipinski definition) is 8. The molecule has 25 heavy (non-hydrogen) atoms. The highest BCUT2D eigenvalue weighted by Crippen LogP contribution is 2.39. The van der Waals surface area contributed by atoms with Crippen molar-refractivity contribution >= 4 is 56.4 Å². The molecule has 1 N–H and O–H groups in total. The molecule has 9 heteroatoms. The van der Waals surface area contributed by atoms with E-state index in [1.807, 2.05) is 13.2 Å². The molecule has 5 nitrogen and oxygen atoms in total. The number of rotatable bonds is 4. The van der Waals surface area contributed by atoms with Crippen LogP contribution in [0.3, 0.4) is 0 Å². The Bertz CT molecular complexity index is 976. The predicted molar refractivity (Wildman–Crippen MR) is 107 cm³/mol. The molecule has 0 unspecified atom stereocenters. The number of hydrogen-bond donors (Lipinski definition) is 1. The van der Waals surface area contributed by atoms with Gasteiger partial charge in [0, 0.05) is 4.88 Å². The SMILES string of the molecule is CSc1nnc(S[C@@H](C)c2nc3sc4c(c3c(=O)[nH]2)CC[C@@H](C)C4)s1. The molecule has 3 heterocycles. The van der Waals surface area contributed by atoms with Gasteiger partial charge in [-0.1, -0.05) is 41.8 Å². The molecule has 0 radical (unpaired) electrons. The van der Waals surface area contributed by atoms with Gasteiger partial charge in [-0.15, -0.1) is 21.5 Å². The lowest BCUT2D eigenvalue weighted by Gasteiger charge is -2.17. The van der Waals surface area contributed by atoms with Gasteiger partial charge in [0.15, 0.2) is 8.68 Å². The summed E-state index contributed by atoms with van der Waals surface area (Å²) in [5.74, 6) is 1.41. The van der Waals surface area contributed by atoms with E-state index in [9.17, 15) is 4.79 Å². The fraction of sp³-hybridized carbons (Fsp3) is 0.500. The number of nitrogens with zero attached hydrogens (tertiary/aromatic N) is 3. The van der Waals surface area contributed by atoms with Crippen LogP contribution in [-0.4, -0.2) is 26.4 Å². The van der Waals surface area contributed by atoms with Gasteiger partial charge < -0.3 is 4.98 Å². The lowest BCUT2D eigenvalue weighted by Crippen LogP contribution is -2.15. The zero-order valence-electron chi connectivity index (χ0n) is 14.2. The van der Waals surface area contributed by atoms with Crippen LogP contribution in [0, 0.1) is 5.92 Å². The maximum Gasteiger partial charge on any atom is 0.259 e. The minimum absolute atomic E-state index is 0.00145. The third-order valence-corrected chi connectivity index (χ3v) is 8.65. The second kappa shape index (κ2) is 7.02. The molecule has 0 aromatic carbocycles. The number of thiophene rings is 1. The molecule has 2 atom stereocenters. The highest BCUT2D eigenvalue weighted by atomic mass is 32.2. The Morgan fingerprint density at radius 3 is 2.84 bits per heavy atom. The Balaban J connectivity index is 1.67. The van der Waals surface area contributed by atoms with Crippen LogP contribution >= 0.6 is 46.2 Å². The summed E-state index contributed by atoms with van der Waals surface area (Å²) in [5, 5.41) is 9.15. The van der Waals surface area contributed by atoms with E-state index in [-0.39, 0.29) is 10.8 Å². The highest BCUT2D eigenvalue weighted by Gasteiger charge is 2.24. The smallest absolute Gasteiger partial charge is 0.259 e. The number of aromatic amines is 1. The molecule has 1 aliphatic rings. The van der Waals surface area contributed by atoms with Gasteiger partial charge in [0.05, 0.1) is 10.6 Å². The van der Waals surface area contributed by atoms with E-state index in [0.29, 0.717) is 5.92 Å². The zero-order chi connectivity index (χ0) is 17.6. The van der Waals surface area contributed by atoms with Crippen LogP contribution in [0.2, 0.25) is 0 Å². The van der Waals surface area contributed by atoms with Crippen LogP contribution in [0.1, 0.15) is 41.8 Å². The van der Waals surface area contributed by atoms with E-state index in [0.717, 1.165) is 44.0 Å². The summed E-state index contributed by atoms with van der Waals surface area (Å²) in [6.45, 7) is 4.32. The van der Waals surface area contributed by atoms with Crippen molar-refractivity contribution < 1.29 is 0 Å². The van der Waals surface area contributed by atoms with E-state index >= 15 is 0 Å². The molecule has 0 saturated heterocycles. The Hall–Kier alpha value is -0.900. The van der Waals surface area contributed by atoms with Gasteiger partial charge in [-0.3, -0.25) is 4.79 Å². The van der Waals surface area contributed by atoms with E-state index < -0.39 is 0 Å². The van der Waals surface area contributed by atoms with Crippen molar-refractivity contribution in [2.24, 2.45) is 5.92 Å². The number of thioether (sulfide) groups is 2. The summed E-state index contributed by atoms with van der Waals surface area (Å²) >= 11 is 6.45. The summed E-state index contributed by atoms with van der Waals surface area (Å²) in [4.78, 5) is 22.7. The minimum atomic E-state index is 0.00145. The summed E-state index contributed by atoms with van der Waals surface area (Å²) in [6, 6.07) is 0. The Kier molecular flexibility index (Phi) is 4.91. The molecule has 132 valence electrons. The molecule has 3 aromatic heterocycles. The van der Waals surface area contributed by atoms with E-state index in [1.165, 1.54) is 10.4 Å². The molecule has 0 spiro atoms. The van der Waals surface area contributed by atoms with Crippen LogP contribution in [0.15, 0.2) is 13.5 Å². The summed E-state index contributed by atoms with van der Waals surface area (Å²) in [7, 11) is 0. The quantitative estimate of drug-likeness (QED) is 0.637. The van der Waals surface area contributed by atoms with Gasteiger partial charge in [0.25, 0.3) is 5.56 Å². The van der Waals surface area contributed by atoms with Crippen molar-refractivity contribution in [3.05, 3.63) is 26.6 Å². The first-order valence-electron chi connectivity index (χ1n) is 8.13. The first-order valence-corrected chi connectivity index (χ1v) is 11.9. The van der Waals surface area contributed by atoms with Crippen molar-refractivity contribution in [2.45, 2.75) is 47.0 Å². The highest BCUT2D eigenvalue weighted by molar-refractivity contribution is 8.03. The van der Waals surface area contributed by atoms with Crippen LogP contribution in [0.5, 0.6) is 0 Å². The summed E-state index contributed by atoms with van der Waals surface area (Å²) in [5.41, 5.74) is 1.23. The summed E-state index contributed by atoms with van der Waals surface area (Å²) in [6.07, 6.45) is 5.21. The number of H-pyrrole nitrogens is 1. The van der Waals surface area contributed by atoms with Gasteiger partial charge in [-0.25, -0.2) is 4.98 Å². The normalized spacial score (nSPS) is 18.4. The predicted octanol–water partition coefficient (Wildman–Crippen LogP) is 4.54. The Morgan fingerprint density at radius 2 is 2.08 bits per heavy atom.